The van der Waals surface area contributed by atoms with Gasteiger partial charge in [0.25, 0.3) is 11.6 Å². The van der Waals surface area contributed by atoms with Gasteiger partial charge < -0.3 is 14.3 Å². The van der Waals surface area contributed by atoms with E-state index in [1.165, 1.54) is 0 Å². The Morgan fingerprint density at radius 2 is 1.86 bits per heavy atom. The molecule has 0 spiro atoms. The van der Waals surface area contributed by atoms with Crippen molar-refractivity contribution < 1.29 is 13.7 Å². The molecule has 148 valence electrons. The summed E-state index contributed by atoms with van der Waals surface area (Å²) in [7, 11) is 0. The first-order chi connectivity index (χ1) is 13.8. The summed E-state index contributed by atoms with van der Waals surface area (Å²) >= 11 is 5.96. The average molecular weight is 410 g/mol. The van der Waals surface area contributed by atoms with E-state index in [1.54, 1.807) is 25.1 Å². The zero-order chi connectivity index (χ0) is 20.7. The standard InChI is InChI=1S/C22H20ClN3O3/c1-11-9-17(14(4)28-11)19-10-18(20-13(3)26-29-22(20)25-19)21(27)24-12(2)15-5-7-16(23)8-6-15/h5-10,12H,1-4H3,(H,24,27). The van der Waals surface area contributed by atoms with Gasteiger partial charge in [-0.05, 0) is 57.5 Å². The molecule has 0 radical (unpaired) electrons. The van der Waals surface area contributed by atoms with Gasteiger partial charge in [-0.2, -0.15) is 0 Å². The summed E-state index contributed by atoms with van der Waals surface area (Å²) in [6.45, 7) is 7.45. The molecule has 0 fully saturated rings. The lowest BCUT2D eigenvalue weighted by molar-refractivity contribution is 0.0941. The van der Waals surface area contributed by atoms with Crippen LogP contribution in [-0.2, 0) is 0 Å². The van der Waals surface area contributed by atoms with Gasteiger partial charge in [0, 0.05) is 10.6 Å². The summed E-state index contributed by atoms with van der Waals surface area (Å²) in [6.07, 6.45) is 0. The van der Waals surface area contributed by atoms with Crippen LogP contribution in [0.3, 0.4) is 0 Å². The smallest absolute Gasteiger partial charge is 0.259 e. The van der Waals surface area contributed by atoms with Crippen LogP contribution in [0.4, 0.5) is 0 Å². The largest absolute Gasteiger partial charge is 0.466 e. The summed E-state index contributed by atoms with van der Waals surface area (Å²) < 4.78 is 11.0. The Morgan fingerprint density at radius 3 is 2.52 bits per heavy atom. The SMILES string of the molecule is Cc1cc(-c2cc(C(=O)NC(C)c3ccc(Cl)cc3)c3c(C)noc3n2)c(C)o1. The van der Waals surface area contributed by atoms with Crippen molar-refractivity contribution in [3.05, 3.63) is 69.8 Å². The Morgan fingerprint density at radius 1 is 1.14 bits per heavy atom. The van der Waals surface area contributed by atoms with Gasteiger partial charge in [0.15, 0.2) is 0 Å². The zero-order valence-corrected chi connectivity index (χ0v) is 17.3. The Labute approximate surface area is 172 Å². The van der Waals surface area contributed by atoms with E-state index < -0.39 is 0 Å². The van der Waals surface area contributed by atoms with Crippen molar-refractivity contribution in [3.63, 3.8) is 0 Å². The third kappa shape index (κ3) is 3.63. The Hall–Kier alpha value is -3.12. The molecule has 4 aromatic rings. The highest BCUT2D eigenvalue weighted by atomic mass is 35.5. The van der Waals surface area contributed by atoms with Crippen molar-refractivity contribution in [1.29, 1.82) is 0 Å². The van der Waals surface area contributed by atoms with Crippen LogP contribution in [0, 0.1) is 20.8 Å². The predicted octanol–water partition coefficient (Wildman–Crippen LogP) is 5.55. The maximum Gasteiger partial charge on any atom is 0.259 e. The van der Waals surface area contributed by atoms with E-state index in [4.69, 9.17) is 20.5 Å². The quantitative estimate of drug-likeness (QED) is 0.477. The first kappa shape index (κ1) is 19.2. The van der Waals surface area contributed by atoms with Gasteiger partial charge in [0.05, 0.1) is 28.4 Å². The van der Waals surface area contributed by atoms with Gasteiger partial charge in [0.2, 0.25) is 0 Å². The monoisotopic (exact) mass is 409 g/mol. The van der Waals surface area contributed by atoms with Crippen LogP contribution in [0.15, 0.2) is 45.3 Å². The number of pyridine rings is 1. The van der Waals surface area contributed by atoms with Crippen molar-refractivity contribution >= 4 is 28.6 Å². The molecule has 1 atom stereocenters. The molecule has 3 aromatic heterocycles. The van der Waals surface area contributed by atoms with E-state index >= 15 is 0 Å². The minimum absolute atomic E-state index is 0.204. The fourth-order valence-electron chi connectivity index (χ4n) is 3.41. The van der Waals surface area contributed by atoms with Crippen molar-refractivity contribution in [2.75, 3.05) is 0 Å². The van der Waals surface area contributed by atoms with E-state index in [9.17, 15) is 4.79 Å². The molecule has 0 bridgehead atoms. The second-order valence-electron chi connectivity index (χ2n) is 7.08. The molecule has 29 heavy (non-hydrogen) atoms. The number of carbonyl (C=O) groups excluding carboxylic acids is 1. The normalized spacial score (nSPS) is 12.3. The molecule has 0 saturated heterocycles. The number of amides is 1. The Kier molecular flexibility index (Phi) is 4.88. The van der Waals surface area contributed by atoms with Gasteiger partial charge >= 0.3 is 0 Å². The molecular weight excluding hydrogens is 390 g/mol. The van der Waals surface area contributed by atoms with E-state index in [-0.39, 0.29) is 11.9 Å². The van der Waals surface area contributed by atoms with Crippen LogP contribution in [0.1, 0.15) is 46.1 Å². The molecule has 1 unspecified atom stereocenters. The van der Waals surface area contributed by atoms with Crippen LogP contribution < -0.4 is 5.32 Å². The molecule has 7 heteroatoms. The lowest BCUT2D eigenvalue weighted by Gasteiger charge is -2.15. The fraction of sp³-hybridized carbons (Fsp3) is 0.227. The number of nitrogens with one attached hydrogen (secondary N) is 1. The van der Waals surface area contributed by atoms with E-state index in [0.29, 0.717) is 33.1 Å². The minimum Gasteiger partial charge on any atom is -0.466 e. The molecule has 0 aliphatic rings. The number of furan rings is 1. The average Bonchev–Trinajstić information content (AvgIpc) is 3.23. The van der Waals surface area contributed by atoms with E-state index in [1.807, 2.05) is 39.0 Å². The van der Waals surface area contributed by atoms with Gasteiger partial charge in [-0.1, -0.05) is 28.9 Å². The molecule has 1 amide bonds. The lowest BCUT2D eigenvalue weighted by atomic mass is 10.0. The Bertz CT molecular complexity index is 1210. The van der Waals surface area contributed by atoms with Crippen LogP contribution in [0.25, 0.3) is 22.4 Å². The molecule has 0 aliphatic heterocycles. The maximum atomic E-state index is 13.2. The van der Waals surface area contributed by atoms with Crippen molar-refractivity contribution in [2.45, 2.75) is 33.7 Å². The number of nitrogens with zero attached hydrogens (tertiary/aromatic N) is 2. The number of carbonyl (C=O) groups is 1. The zero-order valence-electron chi connectivity index (χ0n) is 16.5. The summed E-state index contributed by atoms with van der Waals surface area (Å²) in [4.78, 5) is 17.7. The third-order valence-corrected chi connectivity index (χ3v) is 5.15. The summed E-state index contributed by atoms with van der Waals surface area (Å²) in [5.74, 6) is 1.27. The number of halogens is 1. The number of hydrogen-bond acceptors (Lipinski definition) is 5. The number of aromatic nitrogens is 2. The van der Waals surface area contributed by atoms with Gasteiger partial charge in [-0.15, -0.1) is 0 Å². The molecule has 0 aliphatic carbocycles. The predicted molar refractivity (Wildman–Crippen MR) is 111 cm³/mol. The number of rotatable bonds is 4. The van der Waals surface area contributed by atoms with Crippen molar-refractivity contribution in [2.24, 2.45) is 0 Å². The number of fused-ring (bicyclic) bond motifs is 1. The van der Waals surface area contributed by atoms with E-state index in [2.05, 4.69) is 15.5 Å². The second kappa shape index (κ2) is 7.37. The minimum atomic E-state index is -0.231. The molecule has 4 rings (SSSR count). The fourth-order valence-corrected chi connectivity index (χ4v) is 3.53. The molecular formula is C22H20ClN3O3. The highest BCUT2D eigenvalue weighted by molar-refractivity contribution is 6.30. The van der Waals surface area contributed by atoms with Crippen LogP contribution in [-0.4, -0.2) is 16.0 Å². The maximum absolute atomic E-state index is 13.2. The molecule has 3 heterocycles. The summed E-state index contributed by atoms with van der Waals surface area (Å²) in [5.41, 5.74) is 3.77. The number of aryl methyl sites for hydroxylation is 3. The van der Waals surface area contributed by atoms with Gasteiger partial charge in [-0.3, -0.25) is 4.79 Å². The van der Waals surface area contributed by atoms with Crippen LogP contribution >= 0.6 is 11.6 Å². The molecule has 6 nitrogen and oxygen atoms in total. The van der Waals surface area contributed by atoms with Crippen LogP contribution in [0.5, 0.6) is 0 Å². The first-order valence-electron chi connectivity index (χ1n) is 9.24. The third-order valence-electron chi connectivity index (χ3n) is 4.90. The molecule has 1 aromatic carbocycles. The highest BCUT2D eigenvalue weighted by Crippen LogP contribution is 2.30. The van der Waals surface area contributed by atoms with Gasteiger partial charge in [0.1, 0.15) is 11.5 Å². The lowest BCUT2D eigenvalue weighted by Crippen LogP contribution is -2.27. The summed E-state index contributed by atoms with van der Waals surface area (Å²) in [5, 5.41) is 8.29. The first-order valence-corrected chi connectivity index (χ1v) is 9.62. The Balaban J connectivity index is 1.75. The van der Waals surface area contributed by atoms with E-state index in [0.717, 1.165) is 22.6 Å². The number of benzene rings is 1. The van der Waals surface area contributed by atoms with Crippen LogP contribution in [0.2, 0.25) is 5.02 Å². The van der Waals surface area contributed by atoms with Crippen molar-refractivity contribution in [3.8, 4) is 11.3 Å². The molecule has 0 saturated carbocycles. The second-order valence-corrected chi connectivity index (χ2v) is 7.51. The summed E-state index contributed by atoms with van der Waals surface area (Å²) in [6, 6.07) is 10.8. The topological polar surface area (TPSA) is 81.2 Å². The van der Waals surface area contributed by atoms with Gasteiger partial charge in [-0.25, -0.2) is 4.98 Å². The number of hydrogen-bond donors (Lipinski definition) is 1. The van der Waals surface area contributed by atoms with Crippen molar-refractivity contribution in [1.82, 2.24) is 15.5 Å². The highest BCUT2D eigenvalue weighted by Gasteiger charge is 2.22. The molecule has 1 N–H and O–H groups in total.